The van der Waals surface area contributed by atoms with E-state index in [4.69, 9.17) is 9.84 Å². The van der Waals surface area contributed by atoms with Crippen molar-refractivity contribution >= 4 is 5.97 Å². The van der Waals surface area contributed by atoms with Crippen molar-refractivity contribution in [1.29, 1.82) is 0 Å². The first-order chi connectivity index (χ1) is 7.77. The van der Waals surface area contributed by atoms with Gasteiger partial charge in [-0.3, -0.25) is 4.90 Å². The maximum absolute atomic E-state index is 10.9. The maximum Gasteiger partial charge on any atom is 0.352 e. The number of carbonyl (C=O) groups is 1. The van der Waals surface area contributed by atoms with E-state index in [1.54, 1.807) is 16.7 Å². The number of morpholine rings is 1. The standard InChI is InChI=1S/C11H16N2O3/c14-11(15)10-2-1-3-13(10)5-4-12-6-8-16-9-7-12/h1-3H,4-9H2,(H,14,15). The molecule has 1 saturated heterocycles. The van der Waals surface area contributed by atoms with Crippen molar-refractivity contribution in [1.82, 2.24) is 9.47 Å². The molecule has 1 fully saturated rings. The Kier molecular flexibility index (Phi) is 3.58. The minimum absolute atomic E-state index is 0.355. The number of hydrogen-bond donors (Lipinski definition) is 1. The third kappa shape index (κ3) is 2.62. The molecule has 0 saturated carbocycles. The second-order valence-corrected chi connectivity index (χ2v) is 3.85. The summed E-state index contributed by atoms with van der Waals surface area (Å²) in [6.45, 7) is 5.01. The molecule has 16 heavy (non-hydrogen) atoms. The number of aromatic carboxylic acids is 1. The lowest BCUT2D eigenvalue weighted by molar-refractivity contribution is 0.0361. The third-order valence-corrected chi connectivity index (χ3v) is 2.81. The highest BCUT2D eigenvalue weighted by molar-refractivity contribution is 5.85. The van der Waals surface area contributed by atoms with E-state index in [1.807, 2.05) is 6.20 Å². The van der Waals surface area contributed by atoms with Crippen molar-refractivity contribution in [2.24, 2.45) is 0 Å². The fourth-order valence-corrected chi connectivity index (χ4v) is 1.88. The lowest BCUT2D eigenvalue weighted by Crippen LogP contribution is -2.38. The molecule has 88 valence electrons. The van der Waals surface area contributed by atoms with Gasteiger partial charge in [-0.25, -0.2) is 4.79 Å². The highest BCUT2D eigenvalue weighted by Gasteiger charge is 2.12. The molecule has 2 heterocycles. The number of carboxylic acids is 1. The van der Waals surface area contributed by atoms with E-state index in [1.165, 1.54) is 0 Å². The summed E-state index contributed by atoms with van der Waals surface area (Å²) in [5, 5.41) is 8.94. The van der Waals surface area contributed by atoms with Crippen molar-refractivity contribution in [2.45, 2.75) is 6.54 Å². The Labute approximate surface area is 94.2 Å². The first kappa shape index (κ1) is 11.2. The van der Waals surface area contributed by atoms with Crippen LogP contribution in [-0.4, -0.2) is 53.4 Å². The second-order valence-electron chi connectivity index (χ2n) is 3.85. The average molecular weight is 224 g/mol. The summed E-state index contributed by atoms with van der Waals surface area (Å²) in [7, 11) is 0. The fourth-order valence-electron chi connectivity index (χ4n) is 1.88. The minimum atomic E-state index is -0.869. The predicted molar refractivity (Wildman–Crippen MR) is 58.7 cm³/mol. The monoisotopic (exact) mass is 224 g/mol. The van der Waals surface area contributed by atoms with Gasteiger partial charge in [-0.15, -0.1) is 0 Å². The molecule has 2 rings (SSSR count). The third-order valence-electron chi connectivity index (χ3n) is 2.81. The average Bonchev–Trinajstić information content (AvgIpc) is 2.76. The van der Waals surface area contributed by atoms with Crippen molar-refractivity contribution < 1.29 is 14.6 Å². The summed E-state index contributed by atoms with van der Waals surface area (Å²) in [4.78, 5) is 13.2. The van der Waals surface area contributed by atoms with E-state index in [0.29, 0.717) is 12.2 Å². The second kappa shape index (κ2) is 5.14. The van der Waals surface area contributed by atoms with Gasteiger partial charge in [-0.1, -0.05) is 0 Å². The Bertz CT molecular complexity index is 356. The lowest BCUT2D eigenvalue weighted by atomic mass is 10.4. The zero-order chi connectivity index (χ0) is 11.4. The van der Waals surface area contributed by atoms with Gasteiger partial charge in [0.2, 0.25) is 0 Å². The molecular weight excluding hydrogens is 208 g/mol. The normalized spacial score (nSPS) is 17.5. The largest absolute Gasteiger partial charge is 0.477 e. The van der Waals surface area contributed by atoms with E-state index >= 15 is 0 Å². The van der Waals surface area contributed by atoms with E-state index in [2.05, 4.69) is 4.90 Å². The predicted octanol–water partition coefficient (Wildman–Crippen LogP) is 0.518. The number of aromatic nitrogens is 1. The molecule has 0 spiro atoms. The summed E-state index contributed by atoms with van der Waals surface area (Å²) in [6.07, 6.45) is 1.81. The van der Waals surface area contributed by atoms with Crippen LogP contribution in [0.25, 0.3) is 0 Å². The van der Waals surface area contributed by atoms with Gasteiger partial charge < -0.3 is 14.4 Å². The molecule has 1 N–H and O–H groups in total. The molecule has 0 amide bonds. The quantitative estimate of drug-likeness (QED) is 0.810. The molecule has 1 aromatic rings. The van der Waals surface area contributed by atoms with Crippen molar-refractivity contribution in [3.05, 3.63) is 24.0 Å². The summed E-state index contributed by atoms with van der Waals surface area (Å²) in [6, 6.07) is 3.39. The van der Waals surface area contributed by atoms with E-state index < -0.39 is 5.97 Å². The minimum Gasteiger partial charge on any atom is -0.477 e. The highest BCUT2D eigenvalue weighted by atomic mass is 16.5. The van der Waals surface area contributed by atoms with Crippen LogP contribution in [0.4, 0.5) is 0 Å². The zero-order valence-corrected chi connectivity index (χ0v) is 9.13. The molecule has 1 aliphatic rings. The fraction of sp³-hybridized carbons (Fsp3) is 0.545. The molecule has 1 aromatic heterocycles. The maximum atomic E-state index is 10.9. The van der Waals surface area contributed by atoms with Gasteiger partial charge in [0.1, 0.15) is 5.69 Å². The molecule has 0 unspecified atom stereocenters. The smallest absolute Gasteiger partial charge is 0.352 e. The van der Waals surface area contributed by atoms with Crippen LogP contribution >= 0.6 is 0 Å². The van der Waals surface area contributed by atoms with Gasteiger partial charge in [0.25, 0.3) is 0 Å². The van der Waals surface area contributed by atoms with Crippen LogP contribution in [0, 0.1) is 0 Å². The first-order valence-corrected chi connectivity index (χ1v) is 5.46. The molecule has 0 radical (unpaired) electrons. The van der Waals surface area contributed by atoms with E-state index in [-0.39, 0.29) is 0 Å². The van der Waals surface area contributed by atoms with Crippen molar-refractivity contribution in [3.8, 4) is 0 Å². The number of ether oxygens (including phenoxy) is 1. The van der Waals surface area contributed by atoms with Crippen LogP contribution in [-0.2, 0) is 11.3 Å². The van der Waals surface area contributed by atoms with Gasteiger partial charge >= 0.3 is 5.97 Å². The number of nitrogens with zero attached hydrogens (tertiary/aromatic N) is 2. The Morgan fingerprint density at radius 1 is 1.38 bits per heavy atom. The molecule has 0 atom stereocenters. The Morgan fingerprint density at radius 2 is 2.12 bits per heavy atom. The lowest BCUT2D eigenvalue weighted by Gasteiger charge is -2.26. The van der Waals surface area contributed by atoms with Crippen molar-refractivity contribution in [3.63, 3.8) is 0 Å². The summed E-state index contributed by atoms with van der Waals surface area (Å²) in [5.74, 6) is -0.869. The Balaban J connectivity index is 1.88. The van der Waals surface area contributed by atoms with Crippen LogP contribution in [0.3, 0.4) is 0 Å². The van der Waals surface area contributed by atoms with Crippen LogP contribution in [0.2, 0.25) is 0 Å². The number of hydrogen-bond acceptors (Lipinski definition) is 3. The molecular formula is C11H16N2O3. The zero-order valence-electron chi connectivity index (χ0n) is 9.13. The van der Waals surface area contributed by atoms with Gasteiger partial charge in [0.05, 0.1) is 13.2 Å². The van der Waals surface area contributed by atoms with Crippen LogP contribution in [0.15, 0.2) is 18.3 Å². The van der Waals surface area contributed by atoms with Crippen LogP contribution < -0.4 is 0 Å². The molecule has 0 bridgehead atoms. The number of carboxylic acid groups (broad SMARTS) is 1. The van der Waals surface area contributed by atoms with Gasteiger partial charge in [0, 0.05) is 32.4 Å². The van der Waals surface area contributed by atoms with E-state index in [9.17, 15) is 4.79 Å². The molecule has 0 aliphatic carbocycles. The summed E-state index contributed by atoms with van der Waals surface area (Å²) in [5.41, 5.74) is 0.355. The SMILES string of the molecule is O=C(O)c1cccn1CCN1CCOCC1. The summed E-state index contributed by atoms with van der Waals surface area (Å²) < 4.78 is 7.03. The molecule has 1 aliphatic heterocycles. The van der Waals surface area contributed by atoms with Gasteiger partial charge in [0.15, 0.2) is 0 Å². The topological polar surface area (TPSA) is 54.7 Å². The number of rotatable bonds is 4. The molecule has 5 nitrogen and oxygen atoms in total. The molecule has 0 aromatic carbocycles. The van der Waals surface area contributed by atoms with Crippen LogP contribution in [0.1, 0.15) is 10.5 Å². The first-order valence-electron chi connectivity index (χ1n) is 5.46. The van der Waals surface area contributed by atoms with Gasteiger partial charge in [-0.2, -0.15) is 0 Å². The Morgan fingerprint density at radius 3 is 2.81 bits per heavy atom. The Hall–Kier alpha value is -1.33. The summed E-state index contributed by atoms with van der Waals surface area (Å²) >= 11 is 0. The van der Waals surface area contributed by atoms with Crippen molar-refractivity contribution in [2.75, 3.05) is 32.8 Å². The highest BCUT2D eigenvalue weighted by Crippen LogP contribution is 2.04. The molecule has 5 heteroatoms. The van der Waals surface area contributed by atoms with E-state index in [0.717, 1.165) is 32.8 Å². The van der Waals surface area contributed by atoms with Crippen LogP contribution in [0.5, 0.6) is 0 Å². The van der Waals surface area contributed by atoms with Gasteiger partial charge in [-0.05, 0) is 12.1 Å².